The van der Waals surface area contributed by atoms with Gasteiger partial charge in [0.1, 0.15) is 10.9 Å². The lowest BCUT2D eigenvalue weighted by atomic mass is 10.1. The van der Waals surface area contributed by atoms with Crippen LogP contribution in [0.25, 0.3) is 0 Å². The van der Waals surface area contributed by atoms with Gasteiger partial charge in [-0.3, -0.25) is 9.69 Å². The Bertz CT molecular complexity index is 1100. The quantitative estimate of drug-likeness (QED) is 0.436. The van der Waals surface area contributed by atoms with Crippen LogP contribution < -0.4 is 4.74 Å². The van der Waals surface area contributed by atoms with Crippen LogP contribution in [0.2, 0.25) is 5.15 Å². The second-order valence-corrected chi connectivity index (χ2v) is 8.85. The van der Waals surface area contributed by atoms with Crippen LogP contribution >= 0.6 is 11.6 Å². The molecule has 1 aromatic heterocycles. The summed E-state index contributed by atoms with van der Waals surface area (Å²) in [5.74, 6) is 0.739. The summed E-state index contributed by atoms with van der Waals surface area (Å²) in [7, 11) is 1.67. The first kappa shape index (κ1) is 24.2. The molecule has 178 valence electrons. The fourth-order valence-electron chi connectivity index (χ4n) is 4.06. The number of aryl methyl sites for hydroxylation is 1. The molecule has 1 fully saturated rings. The van der Waals surface area contributed by atoms with Crippen molar-refractivity contribution in [1.82, 2.24) is 14.8 Å². The third kappa shape index (κ3) is 6.14. The van der Waals surface area contributed by atoms with Crippen LogP contribution in [0.3, 0.4) is 0 Å². The minimum absolute atomic E-state index is 0.0716. The Hall–Kier alpha value is -2.93. The number of pyridine rings is 1. The molecular formula is C27H30ClN3O3. The van der Waals surface area contributed by atoms with E-state index in [1.54, 1.807) is 25.4 Å². The Morgan fingerprint density at radius 2 is 1.82 bits per heavy atom. The zero-order valence-electron chi connectivity index (χ0n) is 19.6. The second-order valence-electron chi connectivity index (χ2n) is 8.50. The number of methoxy groups -OCH3 is 1. The lowest BCUT2D eigenvalue weighted by Crippen LogP contribution is -2.49. The molecule has 1 aliphatic rings. The summed E-state index contributed by atoms with van der Waals surface area (Å²) in [6.45, 7) is 6.13. The van der Waals surface area contributed by atoms with Gasteiger partial charge in [-0.1, -0.05) is 53.6 Å². The third-order valence-corrected chi connectivity index (χ3v) is 6.41. The summed E-state index contributed by atoms with van der Waals surface area (Å²) >= 11 is 6.13. The van der Waals surface area contributed by atoms with Gasteiger partial charge < -0.3 is 14.4 Å². The molecule has 1 aliphatic heterocycles. The highest BCUT2D eigenvalue weighted by molar-refractivity contribution is 6.32. The molecule has 2 aromatic carbocycles. The highest BCUT2D eigenvalue weighted by atomic mass is 35.5. The summed E-state index contributed by atoms with van der Waals surface area (Å²) in [5, 5.41) is 0.248. The van der Waals surface area contributed by atoms with E-state index in [4.69, 9.17) is 21.1 Å². The van der Waals surface area contributed by atoms with E-state index in [1.165, 1.54) is 5.56 Å². The molecule has 0 saturated carbocycles. The molecule has 1 amide bonds. The van der Waals surface area contributed by atoms with Gasteiger partial charge in [0.15, 0.2) is 0 Å². The smallest absolute Gasteiger partial charge is 0.257 e. The number of halogens is 1. The van der Waals surface area contributed by atoms with Crippen molar-refractivity contribution >= 4 is 17.5 Å². The first-order valence-corrected chi connectivity index (χ1v) is 11.8. The zero-order chi connectivity index (χ0) is 23.9. The van der Waals surface area contributed by atoms with Crippen LogP contribution in [-0.4, -0.2) is 60.5 Å². The molecule has 0 aliphatic carbocycles. The largest absolute Gasteiger partial charge is 0.497 e. The fraction of sp³-hybridized carbons (Fsp3) is 0.333. The fourth-order valence-corrected chi connectivity index (χ4v) is 4.26. The van der Waals surface area contributed by atoms with Gasteiger partial charge in [-0.05, 0) is 42.3 Å². The number of carbonyl (C=O) groups excluding carboxylic acids is 1. The number of hydrogen-bond acceptors (Lipinski definition) is 5. The Labute approximate surface area is 206 Å². The summed E-state index contributed by atoms with van der Waals surface area (Å²) < 4.78 is 11.8. The lowest BCUT2D eigenvalue weighted by Gasteiger charge is -2.36. The van der Waals surface area contributed by atoms with E-state index >= 15 is 0 Å². The second kappa shape index (κ2) is 11.5. The van der Waals surface area contributed by atoms with Crippen molar-refractivity contribution in [2.45, 2.75) is 19.6 Å². The van der Waals surface area contributed by atoms with Crippen molar-refractivity contribution in [1.29, 1.82) is 0 Å². The summed E-state index contributed by atoms with van der Waals surface area (Å²) in [4.78, 5) is 21.1. The summed E-state index contributed by atoms with van der Waals surface area (Å²) in [5.41, 5.74) is 3.90. The topological polar surface area (TPSA) is 54.9 Å². The average Bonchev–Trinajstić information content (AvgIpc) is 2.88. The number of amides is 1. The molecule has 7 heteroatoms. The van der Waals surface area contributed by atoms with Crippen LogP contribution in [0, 0.1) is 6.92 Å². The van der Waals surface area contributed by atoms with Gasteiger partial charge in [-0.15, -0.1) is 0 Å². The van der Waals surface area contributed by atoms with Crippen LogP contribution in [0.1, 0.15) is 33.2 Å². The highest BCUT2D eigenvalue weighted by Crippen LogP contribution is 2.25. The molecule has 34 heavy (non-hydrogen) atoms. The molecule has 3 aromatic rings. The SMILES string of the molecule is COc1cccc(C(CN2CCN(C(=O)c3cccnc3Cl)CC2)OCc2ccc(C)cc2)c1. The van der Waals surface area contributed by atoms with Crippen molar-refractivity contribution in [3.05, 3.63) is 94.3 Å². The summed E-state index contributed by atoms with van der Waals surface area (Å²) in [6.07, 6.45) is 1.47. The van der Waals surface area contributed by atoms with E-state index in [1.807, 2.05) is 23.1 Å². The number of hydrogen-bond donors (Lipinski definition) is 0. The Kier molecular flexibility index (Phi) is 8.16. The van der Waals surface area contributed by atoms with E-state index in [-0.39, 0.29) is 17.2 Å². The molecule has 1 saturated heterocycles. The zero-order valence-corrected chi connectivity index (χ0v) is 20.4. The van der Waals surface area contributed by atoms with Gasteiger partial charge in [-0.25, -0.2) is 4.98 Å². The van der Waals surface area contributed by atoms with E-state index in [0.717, 1.165) is 36.5 Å². The molecule has 0 bridgehead atoms. The van der Waals surface area contributed by atoms with Crippen molar-refractivity contribution in [3.63, 3.8) is 0 Å². The molecule has 1 atom stereocenters. The number of benzene rings is 2. The predicted octanol–water partition coefficient (Wildman–Crippen LogP) is 4.77. The van der Waals surface area contributed by atoms with Crippen molar-refractivity contribution in [2.75, 3.05) is 39.8 Å². The Balaban J connectivity index is 1.41. The normalized spacial score (nSPS) is 15.2. The molecule has 2 heterocycles. The van der Waals surface area contributed by atoms with Gasteiger partial charge in [0.05, 0.1) is 25.4 Å². The van der Waals surface area contributed by atoms with E-state index < -0.39 is 0 Å². The van der Waals surface area contributed by atoms with Crippen molar-refractivity contribution in [3.8, 4) is 5.75 Å². The van der Waals surface area contributed by atoms with Gasteiger partial charge in [0.2, 0.25) is 0 Å². The van der Waals surface area contributed by atoms with Crippen LogP contribution in [0.15, 0.2) is 66.9 Å². The number of aromatic nitrogens is 1. The minimum Gasteiger partial charge on any atom is -0.497 e. The van der Waals surface area contributed by atoms with Crippen LogP contribution in [0.5, 0.6) is 5.75 Å². The number of carbonyl (C=O) groups is 1. The number of nitrogens with zero attached hydrogens (tertiary/aromatic N) is 3. The van der Waals surface area contributed by atoms with Crippen LogP contribution in [-0.2, 0) is 11.3 Å². The lowest BCUT2D eigenvalue weighted by molar-refractivity contribution is 0.00333. The van der Waals surface area contributed by atoms with Gasteiger partial charge in [0.25, 0.3) is 5.91 Å². The van der Waals surface area contributed by atoms with Crippen molar-refractivity contribution < 1.29 is 14.3 Å². The maximum absolute atomic E-state index is 12.9. The highest BCUT2D eigenvalue weighted by Gasteiger charge is 2.26. The summed E-state index contributed by atoms with van der Waals surface area (Å²) in [6, 6.07) is 19.9. The first-order valence-electron chi connectivity index (χ1n) is 11.5. The Morgan fingerprint density at radius 3 is 2.53 bits per heavy atom. The molecule has 0 spiro atoms. The molecule has 0 radical (unpaired) electrons. The van der Waals surface area contributed by atoms with E-state index in [9.17, 15) is 4.79 Å². The molecule has 4 rings (SSSR count). The maximum Gasteiger partial charge on any atom is 0.257 e. The average molecular weight is 480 g/mol. The minimum atomic E-state index is -0.119. The van der Waals surface area contributed by atoms with Gasteiger partial charge in [-0.2, -0.15) is 0 Å². The van der Waals surface area contributed by atoms with Gasteiger partial charge in [0, 0.05) is 38.9 Å². The van der Waals surface area contributed by atoms with Crippen LogP contribution in [0.4, 0.5) is 0 Å². The molecule has 0 N–H and O–H groups in total. The first-order chi connectivity index (χ1) is 16.5. The standard InChI is InChI=1S/C27H30ClN3O3/c1-20-8-10-21(11-9-20)19-34-25(22-5-3-6-23(17-22)33-2)18-30-13-15-31(16-14-30)27(32)24-7-4-12-29-26(24)28/h3-12,17,25H,13-16,18-19H2,1-2H3. The van der Waals surface area contributed by atoms with E-state index in [0.29, 0.717) is 25.3 Å². The molecular weight excluding hydrogens is 450 g/mol. The predicted molar refractivity (Wildman–Crippen MR) is 133 cm³/mol. The van der Waals surface area contributed by atoms with Crippen molar-refractivity contribution in [2.24, 2.45) is 0 Å². The third-order valence-electron chi connectivity index (χ3n) is 6.11. The van der Waals surface area contributed by atoms with Gasteiger partial charge >= 0.3 is 0 Å². The monoisotopic (exact) mass is 479 g/mol. The maximum atomic E-state index is 12.9. The Morgan fingerprint density at radius 1 is 1.06 bits per heavy atom. The number of rotatable bonds is 8. The molecule has 1 unspecified atom stereocenters. The number of ether oxygens (including phenoxy) is 2. The molecule has 6 nitrogen and oxygen atoms in total. The van der Waals surface area contributed by atoms with E-state index in [2.05, 4.69) is 47.1 Å². The number of piperazine rings is 1.